The summed E-state index contributed by atoms with van der Waals surface area (Å²) in [4.78, 5) is 2.70. The Morgan fingerprint density at radius 1 is 1.29 bits per heavy atom. The van der Waals surface area contributed by atoms with Gasteiger partial charge in [0.25, 0.3) is 0 Å². The van der Waals surface area contributed by atoms with Gasteiger partial charge in [-0.1, -0.05) is 34.6 Å². The third kappa shape index (κ3) is 4.80. The Hall–Kier alpha value is 0.270. The maximum atomic E-state index is 3.73. The highest BCUT2D eigenvalue weighted by Gasteiger charge is 2.32. The monoisotopic (exact) mass is 258 g/mol. The molecule has 1 heterocycles. The first-order valence-corrected chi connectivity index (χ1v) is 8.19. The highest BCUT2D eigenvalue weighted by molar-refractivity contribution is 7.99. The van der Waals surface area contributed by atoms with Gasteiger partial charge in [-0.25, -0.2) is 0 Å². The molecule has 3 heteroatoms. The van der Waals surface area contributed by atoms with E-state index in [4.69, 9.17) is 0 Å². The molecule has 1 aliphatic rings. The molecule has 1 N–H and O–H groups in total. The zero-order chi connectivity index (χ0) is 12.9. The van der Waals surface area contributed by atoms with Gasteiger partial charge in [-0.2, -0.15) is 11.8 Å². The van der Waals surface area contributed by atoms with Crippen LogP contribution in [0.2, 0.25) is 0 Å². The van der Waals surface area contributed by atoms with Gasteiger partial charge in [0.15, 0.2) is 0 Å². The van der Waals surface area contributed by atoms with Gasteiger partial charge in [0.05, 0.1) is 0 Å². The van der Waals surface area contributed by atoms with E-state index in [0.717, 1.165) is 12.6 Å². The molecule has 1 saturated heterocycles. The van der Waals surface area contributed by atoms with Crippen LogP contribution in [0.15, 0.2) is 0 Å². The Balaban J connectivity index is 2.49. The molecule has 2 atom stereocenters. The molecule has 0 saturated carbocycles. The quantitative estimate of drug-likeness (QED) is 0.764. The normalized spacial score (nSPS) is 27.4. The molecule has 0 aromatic rings. The molecule has 102 valence electrons. The third-order valence-corrected chi connectivity index (χ3v) is 4.66. The summed E-state index contributed by atoms with van der Waals surface area (Å²) in [6.07, 6.45) is 1.26. The topological polar surface area (TPSA) is 15.3 Å². The van der Waals surface area contributed by atoms with Crippen molar-refractivity contribution in [3.63, 3.8) is 0 Å². The smallest absolute Gasteiger partial charge is 0.0244 e. The molecule has 1 rings (SSSR count). The van der Waals surface area contributed by atoms with Crippen molar-refractivity contribution < 1.29 is 0 Å². The lowest BCUT2D eigenvalue weighted by molar-refractivity contribution is 0.0893. The standard InChI is InChI=1S/C14H30N2S/c1-6-12-10-15-13(14(3,4)5)11-16(12)8-9-17-7-2/h12-13,15H,6-11H2,1-5H3. The minimum atomic E-state index is 0.370. The van der Waals surface area contributed by atoms with Crippen molar-refractivity contribution in [2.75, 3.05) is 31.1 Å². The Labute approximate surface area is 112 Å². The van der Waals surface area contributed by atoms with Crippen molar-refractivity contribution in [3.05, 3.63) is 0 Å². The summed E-state index contributed by atoms with van der Waals surface area (Å²) < 4.78 is 0. The summed E-state index contributed by atoms with van der Waals surface area (Å²) in [6.45, 7) is 15.2. The van der Waals surface area contributed by atoms with E-state index in [-0.39, 0.29) is 0 Å². The van der Waals surface area contributed by atoms with Gasteiger partial charge >= 0.3 is 0 Å². The van der Waals surface area contributed by atoms with Crippen molar-refractivity contribution in [3.8, 4) is 0 Å². The molecule has 0 spiro atoms. The molecule has 1 aliphatic heterocycles. The number of nitrogens with one attached hydrogen (secondary N) is 1. The fourth-order valence-corrected chi connectivity index (χ4v) is 3.09. The van der Waals surface area contributed by atoms with Crippen LogP contribution in [0.4, 0.5) is 0 Å². The lowest BCUT2D eigenvalue weighted by Crippen LogP contribution is -2.60. The van der Waals surface area contributed by atoms with Gasteiger partial charge in [0.2, 0.25) is 0 Å². The number of hydrogen-bond acceptors (Lipinski definition) is 3. The molecule has 0 aromatic carbocycles. The van der Waals surface area contributed by atoms with Gasteiger partial charge < -0.3 is 5.32 Å². The van der Waals surface area contributed by atoms with E-state index >= 15 is 0 Å². The molecule has 2 nitrogen and oxygen atoms in total. The number of hydrogen-bond donors (Lipinski definition) is 1. The summed E-state index contributed by atoms with van der Waals surface area (Å²) in [5.41, 5.74) is 0.370. The van der Waals surface area contributed by atoms with Crippen LogP contribution in [0.25, 0.3) is 0 Å². The van der Waals surface area contributed by atoms with E-state index in [9.17, 15) is 0 Å². The average molecular weight is 258 g/mol. The van der Waals surface area contributed by atoms with Gasteiger partial charge in [-0.05, 0) is 17.6 Å². The highest BCUT2D eigenvalue weighted by Crippen LogP contribution is 2.24. The fraction of sp³-hybridized carbons (Fsp3) is 1.00. The predicted molar refractivity (Wildman–Crippen MR) is 79.9 cm³/mol. The fourth-order valence-electron chi connectivity index (χ4n) is 2.44. The van der Waals surface area contributed by atoms with Crippen molar-refractivity contribution in [2.45, 2.75) is 53.1 Å². The number of rotatable bonds is 5. The SMILES string of the molecule is CCSCCN1CC(C(C)(C)C)NCC1CC. The second kappa shape index (κ2) is 7.01. The number of piperazine rings is 1. The van der Waals surface area contributed by atoms with Crippen molar-refractivity contribution in [1.29, 1.82) is 0 Å². The van der Waals surface area contributed by atoms with E-state index in [1.807, 2.05) is 0 Å². The molecule has 0 bridgehead atoms. The molecule has 2 unspecified atom stereocenters. The molecule has 0 aliphatic carbocycles. The van der Waals surface area contributed by atoms with E-state index in [2.05, 4.69) is 56.6 Å². The summed E-state index contributed by atoms with van der Waals surface area (Å²) in [5, 5.41) is 3.73. The first kappa shape index (κ1) is 15.3. The molecule has 0 radical (unpaired) electrons. The van der Waals surface area contributed by atoms with Crippen molar-refractivity contribution in [2.24, 2.45) is 5.41 Å². The minimum Gasteiger partial charge on any atom is -0.311 e. The van der Waals surface area contributed by atoms with E-state index in [1.54, 1.807) is 0 Å². The number of nitrogens with zero attached hydrogens (tertiary/aromatic N) is 1. The van der Waals surface area contributed by atoms with E-state index < -0.39 is 0 Å². The maximum absolute atomic E-state index is 3.73. The second-order valence-corrected chi connectivity index (χ2v) is 7.47. The third-order valence-electron chi connectivity index (χ3n) is 3.78. The Morgan fingerprint density at radius 2 is 2.00 bits per heavy atom. The highest BCUT2D eigenvalue weighted by atomic mass is 32.2. The van der Waals surface area contributed by atoms with Crippen LogP contribution >= 0.6 is 11.8 Å². The molecular formula is C14H30N2S. The van der Waals surface area contributed by atoms with Crippen LogP contribution in [0.3, 0.4) is 0 Å². The Morgan fingerprint density at radius 3 is 2.53 bits per heavy atom. The largest absolute Gasteiger partial charge is 0.311 e. The van der Waals surface area contributed by atoms with E-state index in [0.29, 0.717) is 11.5 Å². The van der Waals surface area contributed by atoms with Gasteiger partial charge in [-0.15, -0.1) is 0 Å². The predicted octanol–water partition coefficient (Wildman–Crippen LogP) is 2.84. The summed E-state index contributed by atoms with van der Waals surface area (Å²) in [6, 6.07) is 1.38. The summed E-state index contributed by atoms with van der Waals surface area (Å²) in [7, 11) is 0. The van der Waals surface area contributed by atoms with Gasteiger partial charge in [0, 0.05) is 37.5 Å². The zero-order valence-corrected chi connectivity index (χ0v) is 13.1. The van der Waals surface area contributed by atoms with Crippen molar-refractivity contribution in [1.82, 2.24) is 10.2 Å². The molecular weight excluding hydrogens is 228 g/mol. The molecule has 0 amide bonds. The lowest BCUT2D eigenvalue weighted by Gasteiger charge is -2.45. The van der Waals surface area contributed by atoms with E-state index in [1.165, 1.54) is 31.0 Å². The molecule has 17 heavy (non-hydrogen) atoms. The molecule has 0 aromatic heterocycles. The minimum absolute atomic E-state index is 0.370. The van der Waals surface area contributed by atoms with Crippen molar-refractivity contribution >= 4 is 11.8 Å². The average Bonchev–Trinajstić information content (AvgIpc) is 2.28. The first-order chi connectivity index (χ1) is 7.99. The summed E-state index contributed by atoms with van der Waals surface area (Å²) >= 11 is 2.06. The van der Waals surface area contributed by atoms with Crippen LogP contribution in [0, 0.1) is 5.41 Å². The van der Waals surface area contributed by atoms with Crippen LogP contribution in [-0.4, -0.2) is 48.1 Å². The van der Waals surface area contributed by atoms with Crippen LogP contribution in [-0.2, 0) is 0 Å². The van der Waals surface area contributed by atoms with Crippen LogP contribution in [0.5, 0.6) is 0 Å². The summed E-state index contributed by atoms with van der Waals surface area (Å²) in [5.74, 6) is 2.52. The Bertz CT molecular complexity index is 213. The number of thioether (sulfide) groups is 1. The second-order valence-electron chi connectivity index (χ2n) is 6.08. The van der Waals surface area contributed by atoms with Crippen LogP contribution in [0.1, 0.15) is 41.0 Å². The van der Waals surface area contributed by atoms with Crippen LogP contribution < -0.4 is 5.32 Å². The van der Waals surface area contributed by atoms with Gasteiger partial charge in [0.1, 0.15) is 0 Å². The zero-order valence-electron chi connectivity index (χ0n) is 12.3. The molecule has 1 fully saturated rings. The Kier molecular flexibility index (Phi) is 6.32. The maximum Gasteiger partial charge on any atom is 0.0244 e. The lowest BCUT2D eigenvalue weighted by atomic mass is 9.84. The van der Waals surface area contributed by atoms with Gasteiger partial charge in [-0.3, -0.25) is 4.90 Å². The first-order valence-electron chi connectivity index (χ1n) is 7.04.